The van der Waals surface area contributed by atoms with Crippen molar-refractivity contribution in [2.24, 2.45) is 0 Å². The number of thiophene rings is 1. The molecule has 5 nitrogen and oxygen atoms in total. The molecule has 0 radical (unpaired) electrons. The van der Waals surface area contributed by atoms with Crippen molar-refractivity contribution in [3.05, 3.63) is 51.7 Å². The highest BCUT2D eigenvalue weighted by Crippen LogP contribution is 2.34. The fourth-order valence-electron chi connectivity index (χ4n) is 3.17. The van der Waals surface area contributed by atoms with Crippen LogP contribution in [0.15, 0.2) is 35.7 Å². The van der Waals surface area contributed by atoms with E-state index >= 15 is 0 Å². The van der Waals surface area contributed by atoms with Gasteiger partial charge in [-0.1, -0.05) is 6.07 Å². The van der Waals surface area contributed by atoms with E-state index in [2.05, 4.69) is 0 Å². The highest BCUT2D eigenvalue weighted by atomic mass is 32.2. The normalized spacial score (nSPS) is 17.0. The van der Waals surface area contributed by atoms with Crippen LogP contribution in [0, 0.1) is 0 Å². The number of nitrogens with zero attached hydrogens (tertiary/aromatic N) is 2. The number of sulfonamides is 1. The molecule has 0 N–H and O–H groups in total. The van der Waals surface area contributed by atoms with E-state index in [9.17, 15) is 13.2 Å². The van der Waals surface area contributed by atoms with E-state index in [1.165, 1.54) is 10.6 Å². The van der Waals surface area contributed by atoms with Gasteiger partial charge in [-0.15, -0.1) is 11.3 Å². The number of hydrogen-bond donors (Lipinski definition) is 0. The Labute approximate surface area is 146 Å². The quantitative estimate of drug-likeness (QED) is 0.838. The summed E-state index contributed by atoms with van der Waals surface area (Å²) in [5.41, 5.74) is 2.18. The van der Waals surface area contributed by atoms with Crippen LogP contribution in [-0.4, -0.2) is 38.6 Å². The number of amides is 1. The lowest BCUT2D eigenvalue weighted by Crippen LogP contribution is -2.34. The summed E-state index contributed by atoms with van der Waals surface area (Å²) in [6.07, 6.45) is 1.84. The zero-order chi connectivity index (χ0) is 17.5. The summed E-state index contributed by atoms with van der Waals surface area (Å²) >= 11 is 1.62. The number of anilines is 1. The molecule has 24 heavy (non-hydrogen) atoms. The van der Waals surface area contributed by atoms with Crippen LogP contribution in [0.3, 0.4) is 0 Å². The molecule has 2 heterocycles. The van der Waals surface area contributed by atoms with Gasteiger partial charge in [0.05, 0.1) is 18.5 Å². The van der Waals surface area contributed by atoms with Gasteiger partial charge in [-0.2, -0.15) is 0 Å². The molecule has 1 aromatic heterocycles. The summed E-state index contributed by atoms with van der Waals surface area (Å²) in [6.45, 7) is 2.45. The summed E-state index contributed by atoms with van der Waals surface area (Å²) in [6, 6.07) is 9.13. The molecule has 0 aliphatic carbocycles. The summed E-state index contributed by atoms with van der Waals surface area (Å²) < 4.78 is 25.4. The molecule has 2 aromatic rings. The van der Waals surface area contributed by atoms with Gasteiger partial charge in [0.1, 0.15) is 0 Å². The van der Waals surface area contributed by atoms with Gasteiger partial charge in [-0.25, -0.2) is 8.42 Å². The van der Waals surface area contributed by atoms with Gasteiger partial charge in [-0.3, -0.25) is 9.10 Å². The van der Waals surface area contributed by atoms with Crippen molar-refractivity contribution in [2.75, 3.05) is 17.6 Å². The number of hydrogen-bond acceptors (Lipinski definition) is 4. The second-order valence-corrected chi connectivity index (χ2v) is 9.09. The zero-order valence-electron chi connectivity index (χ0n) is 13.9. The predicted molar refractivity (Wildman–Crippen MR) is 97.0 cm³/mol. The van der Waals surface area contributed by atoms with Crippen molar-refractivity contribution in [2.45, 2.75) is 25.9 Å². The molecular formula is C17H20N2O3S2. The standard InChI is InChI=1S/C17H20N2O3S2/c1-12-9-14-10-13(6-7-16(14)19(12)24(3,21)22)17(20)18(2)11-15-5-4-8-23-15/h4-8,10,12H,9,11H2,1-3H3/t12-/m1/s1. The van der Waals surface area contributed by atoms with Crippen LogP contribution in [0.4, 0.5) is 5.69 Å². The molecule has 0 fully saturated rings. The molecule has 0 spiro atoms. The fraction of sp³-hybridized carbons (Fsp3) is 0.353. The minimum atomic E-state index is -3.31. The molecule has 7 heteroatoms. The van der Waals surface area contributed by atoms with Crippen LogP contribution < -0.4 is 4.31 Å². The number of carbonyl (C=O) groups is 1. The number of rotatable bonds is 4. The van der Waals surface area contributed by atoms with Crippen molar-refractivity contribution in [1.82, 2.24) is 4.90 Å². The summed E-state index contributed by atoms with van der Waals surface area (Å²) in [4.78, 5) is 15.4. The van der Waals surface area contributed by atoms with E-state index in [-0.39, 0.29) is 11.9 Å². The lowest BCUT2D eigenvalue weighted by molar-refractivity contribution is 0.0786. The van der Waals surface area contributed by atoms with Crippen molar-refractivity contribution in [3.63, 3.8) is 0 Å². The molecule has 0 saturated carbocycles. The largest absolute Gasteiger partial charge is 0.337 e. The van der Waals surface area contributed by atoms with Crippen LogP contribution in [0.5, 0.6) is 0 Å². The fourth-order valence-corrected chi connectivity index (χ4v) is 5.19. The van der Waals surface area contributed by atoms with Crippen molar-refractivity contribution < 1.29 is 13.2 Å². The summed E-state index contributed by atoms with van der Waals surface area (Å²) in [5, 5.41) is 1.99. The van der Waals surface area contributed by atoms with E-state index in [0.29, 0.717) is 24.2 Å². The minimum absolute atomic E-state index is 0.0586. The van der Waals surface area contributed by atoms with E-state index in [4.69, 9.17) is 0 Å². The first-order valence-corrected chi connectivity index (χ1v) is 10.4. The van der Waals surface area contributed by atoms with Crippen LogP contribution in [0.1, 0.15) is 27.7 Å². The van der Waals surface area contributed by atoms with E-state index < -0.39 is 10.0 Å². The smallest absolute Gasteiger partial charge is 0.253 e. The van der Waals surface area contributed by atoms with Crippen molar-refractivity contribution >= 4 is 33.0 Å². The lowest BCUT2D eigenvalue weighted by atomic mass is 10.1. The molecule has 0 saturated heterocycles. The molecule has 1 aliphatic rings. The van der Waals surface area contributed by atoms with E-state index in [1.807, 2.05) is 30.5 Å². The first-order valence-electron chi connectivity index (χ1n) is 7.67. The highest BCUT2D eigenvalue weighted by Gasteiger charge is 2.33. The van der Waals surface area contributed by atoms with Gasteiger partial charge < -0.3 is 4.90 Å². The molecule has 1 aliphatic heterocycles. The molecule has 1 aromatic carbocycles. The Balaban J connectivity index is 1.84. The molecule has 1 amide bonds. The Hall–Kier alpha value is -1.86. The minimum Gasteiger partial charge on any atom is -0.337 e. The Kier molecular flexibility index (Phi) is 4.40. The van der Waals surface area contributed by atoms with Crippen LogP contribution >= 0.6 is 11.3 Å². The molecule has 128 valence electrons. The van der Waals surface area contributed by atoms with Crippen LogP contribution in [-0.2, 0) is 23.0 Å². The summed E-state index contributed by atoms with van der Waals surface area (Å²) in [7, 11) is -1.53. The predicted octanol–water partition coefficient (Wildman–Crippen LogP) is 2.73. The Morgan fingerprint density at radius 2 is 2.12 bits per heavy atom. The number of fused-ring (bicyclic) bond motifs is 1. The van der Waals surface area contributed by atoms with Crippen molar-refractivity contribution in [1.29, 1.82) is 0 Å². The second kappa shape index (κ2) is 6.22. The molecule has 3 rings (SSSR count). The Bertz CT molecular complexity index is 860. The molecule has 1 atom stereocenters. The third-order valence-electron chi connectivity index (χ3n) is 4.16. The maximum atomic E-state index is 12.6. The van der Waals surface area contributed by atoms with Gasteiger partial charge in [0, 0.05) is 23.5 Å². The topological polar surface area (TPSA) is 57.7 Å². The second-order valence-electron chi connectivity index (χ2n) is 6.20. The van der Waals surface area contributed by atoms with Gasteiger partial charge in [-0.05, 0) is 48.6 Å². The highest BCUT2D eigenvalue weighted by molar-refractivity contribution is 7.92. The first-order chi connectivity index (χ1) is 11.3. The maximum Gasteiger partial charge on any atom is 0.253 e. The third-order valence-corrected chi connectivity index (χ3v) is 6.29. The first kappa shape index (κ1) is 17.0. The average Bonchev–Trinajstić information content (AvgIpc) is 3.10. The lowest BCUT2D eigenvalue weighted by Gasteiger charge is -2.22. The van der Waals surface area contributed by atoms with E-state index in [1.54, 1.807) is 35.4 Å². The van der Waals surface area contributed by atoms with Gasteiger partial charge in [0.25, 0.3) is 5.91 Å². The molecular weight excluding hydrogens is 344 g/mol. The Morgan fingerprint density at radius 1 is 1.38 bits per heavy atom. The van der Waals surface area contributed by atoms with Gasteiger partial charge in [0.2, 0.25) is 10.0 Å². The van der Waals surface area contributed by atoms with Crippen LogP contribution in [0.2, 0.25) is 0 Å². The third kappa shape index (κ3) is 3.18. The Morgan fingerprint density at radius 3 is 2.75 bits per heavy atom. The van der Waals surface area contributed by atoms with Crippen molar-refractivity contribution in [3.8, 4) is 0 Å². The molecule has 0 unspecified atom stereocenters. The number of benzene rings is 1. The van der Waals surface area contributed by atoms with E-state index in [0.717, 1.165) is 10.4 Å². The SMILES string of the molecule is C[C@@H]1Cc2cc(C(=O)N(C)Cc3cccs3)ccc2N1S(C)(=O)=O. The molecule has 0 bridgehead atoms. The maximum absolute atomic E-state index is 12.6. The van der Waals surface area contributed by atoms with Crippen LogP contribution in [0.25, 0.3) is 0 Å². The zero-order valence-corrected chi connectivity index (χ0v) is 15.5. The monoisotopic (exact) mass is 364 g/mol. The van der Waals surface area contributed by atoms with Gasteiger partial charge in [0.15, 0.2) is 0 Å². The van der Waals surface area contributed by atoms with Gasteiger partial charge >= 0.3 is 0 Å². The number of carbonyl (C=O) groups excluding carboxylic acids is 1. The summed E-state index contributed by atoms with van der Waals surface area (Å²) in [5.74, 6) is -0.0586. The average molecular weight is 364 g/mol.